The first kappa shape index (κ1) is 9.24. The van der Waals surface area contributed by atoms with Gasteiger partial charge in [0.2, 0.25) is 0 Å². The number of hydrogen-bond donors (Lipinski definition) is 1. The third-order valence-electron chi connectivity index (χ3n) is 1.00. The second kappa shape index (κ2) is 6.36. The predicted molar refractivity (Wildman–Crippen MR) is 43.3 cm³/mol. The maximum atomic E-state index is 5.11. The van der Waals surface area contributed by atoms with E-state index in [1.54, 1.807) is 6.20 Å². The number of nitrogens with one attached hydrogen (secondary N) is 1. The van der Waals surface area contributed by atoms with Crippen molar-refractivity contribution in [3.05, 3.63) is 24.9 Å². The molecular formula is C8H15NO. The van der Waals surface area contributed by atoms with Crippen molar-refractivity contribution in [2.45, 2.75) is 26.4 Å². The van der Waals surface area contributed by atoms with E-state index in [-0.39, 0.29) is 6.10 Å². The van der Waals surface area contributed by atoms with E-state index in [1.165, 1.54) is 0 Å². The zero-order valence-electron chi connectivity index (χ0n) is 6.63. The van der Waals surface area contributed by atoms with E-state index in [9.17, 15) is 0 Å². The maximum Gasteiger partial charge on any atom is 0.0859 e. The molecule has 1 atom stereocenters. The fourth-order valence-corrected chi connectivity index (χ4v) is 0.506. The maximum absolute atomic E-state index is 5.11. The average molecular weight is 141 g/mol. The van der Waals surface area contributed by atoms with Crippen LogP contribution in [0.2, 0.25) is 0 Å². The van der Waals surface area contributed by atoms with Gasteiger partial charge in [0.05, 0.1) is 6.10 Å². The third kappa shape index (κ3) is 5.38. The van der Waals surface area contributed by atoms with Crippen molar-refractivity contribution in [2.24, 2.45) is 0 Å². The molecular weight excluding hydrogens is 126 g/mol. The van der Waals surface area contributed by atoms with Crippen molar-refractivity contribution >= 4 is 0 Å². The van der Waals surface area contributed by atoms with Crippen molar-refractivity contribution in [2.75, 3.05) is 0 Å². The van der Waals surface area contributed by atoms with E-state index in [0.717, 1.165) is 6.42 Å². The van der Waals surface area contributed by atoms with E-state index in [2.05, 4.69) is 12.1 Å². The Morgan fingerprint density at radius 1 is 1.70 bits per heavy atom. The Morgan fingerprint density at radius 3 is 2.90 bits per heavy atom. The molecule has 0 saturated heterocycles. The average Bonchev–Trinajstić information content (AvgIpc) is 1.89. The first-order chi connectivity index (χ1) is 4.81. The van der Waals surface area contributed by atoms with E-state index < -0.39 is 0 Å². The number of rotatable bonds is 5. The molecule has 10 heavy (non-hydrogen) atoms. The predicted octanol–water partition coefficient (Wildman–Crippen LogP) is 2.01. The Labute approximate surface area is 62.5 Å². The molecule has 1 N–H and O–H groups in total. The summed E-state index contributed by atoms with van der Waals surface area (Å²) in [7, 11) is 0. The van der Waals surface area contributed by atoms with Gasteiger partial charge >= 0.3 is 0 Å². The Kier molecular flexibility index (Phi) is 5.88. The summed E-state index contributed by atoms with van der Waals surface area (Å²) in [6, 6.07) is 0. The molecule has 0 radical (unpaired) electrons. The van der Waals surface area contributed by atoms with E-state index in [4.69, 9.17) is 4.84 Å². The minimum absolute atomic E-state index is 0.189. The Hall–Kier alpha value is -0.760. The van der Waals surface area contributed by atoms with Gasteiger partial charge in [0.25, 0.3) is 0 Å². The largest absolute Gasteiger partial charge is 0.274 e. The molecule has 0 heterocycles. The molecule has 0 fully saturated rings. The van der Waals surface area contributed by atoms with Crippen molar-refractivity contribution < 1.29 is 4.84 Å². The van der Waals surface area contributed by atoms with Crippen LogP contribution < -0.4 is 5.48 Å². The Bertz CT molecular complexity index is 110. The van der Waals surface area contributed by atoms with Gasteiger partial charge in [-0.05, 0) is 20.3 Å². The van der Waals surface area contributed by atoms with Crippen LogP contribution in [0, 0.1) is 0 Å². The quantitative estimate of drug-likeness (QED) is 0.467. The molecule has 0 rings (SSSR count). The lowest BCUT2D eigenvalue weighted by Gasteiger charge is -2.08. The molecule has 0 aromatic rings. The summed E-state index contributed by atoms with van der Waals surface area (Å²) in [6.07, 6.45) is 6.51. The summed E-state index contributed by atoms with van der Waals surface area (Å²) >= 11 is 0. The number of hydroxylamine groups is 1. The lowest BCUT2D eigenvalue weighted by Crippen LogP contribution is -2.15. The molecule has 0 aliphatic heterocycles. The Balaban J connectivity index is 3.20. The van der Waals surface area contributed by atoms with Gasteiger partial charge in [0.15, 0.2) is 0 Å². The minimum atomic E-state index is 0.189. The highest BCUT2D eigenvalue weighted by Crippen LogP contribution is 1.93. The molecule has 0 spiro atoms. The fourth-order valence-electron chi connectivity index (χ4n) is 0.506. The number of allylic oxidation sites excluding steroid dienone is 1. The van der Waals surface area contributed by atoms with Crippen LogP contribution in [0.25, 0.3) is 0 Å². The second-order valence-corrected chi connectivity index (χ2v) is 2.07. The van der Waals surface area contributed by atoms with Gasteiger partial charge in [-0.15, -0.1) is 6.58 Å². The molecule has 2 heteroatoms. The van der Waals surface area contributed by atoms with Gasteiger partial charge in [-0.2, -0.15) is 0 Å². The standard InChI is InChI=1S/C8H15NO/c1-4-6-8(3)10-9-7-5-2/h4-5,7-9H,1,6H2,2-3H3/b7-5+. The SMILES string of the molecule is C=CCC(C)ON/C=C/C. The third-order valence-corrected chi connectivity index (χ3v) is 1.00. The van der Waals surface area contributed by atoms with Gasteiger partial charge in [-0.1, -0.05) is 12.2 Å². The smallest absolute Gasteiger partial charge is 0.0859 e. The summed E-state index contributed by atoms with van der Waals surface area (Å²) in [5.41, 5.74) is 2.69. The molecule has 0 aromatic heterocycles. The van der Waals surface area contributed by atoms with Crippen LogP contribution in [0.3, 0.4) is 0 Å². The summed E-state index contributed by atoms with van der Waals surface area (Å²) in [5.74, 6) is 0. The van der Waals surface area contributed by atoms with Crippen molar-refractivity contribution in [3.63, 3.8) is 0 Å². The van der Waals surface area contributed by atoms with E-state index in [1.807, 2.05) is 26.0 Å². The zero-order chi connectivity index (χ0) is 7.82. The van der Waals surface area contributed by atoms with Crippen LogP contribution >= 0.6 is 0 Å². The first-order valence-electron chi connectivity index (χ1n) is 3.44. The van der Waals surface area contributed by atoms with Crippen LogP contribution in [-0.2, 0) is 4.84 Å². The van der Waals surface area contributed by atoms with Crippen LogP contribution in [0.5, 0.6) is 0 Å². The molecule has 58 valence electrons. The van der Waals surface area contributed by atoms with Gasteiger partial charge in [-0.3, -0.25) is 10.3 Å². The lowest BCUT2D eigenvalue weighted by atomic mass is 10.3. The van der Waals surface area contributed by atoms with Gasteiger partial charge in [-0.25, -0.2) is 0 Å². The normalized spacial score (nSPS) is 13.4. The van der Waals surface area contributed by atoms with E-state index >= 15 is 0 Å². The lowest BCUT2D eigenvalue weighted by molar-refractivity contribution is 0.0120. The number of hydrogen-bond acceptors (Lipinski definition) is 2. The van der Waals surface area contributed by atoms with Gasteiger partial charge < -0.3 is 0 Å². The summed E-state index contributed by atoms with van der Waals surface area (Å²) in [5, 5.41) is 0. The highest BCUT2D eigenvalue weighted by Gasteiger charge is 1.95. The molecule has 0 amide bonds. The minimum Gasteiger partial charge on any atom is -0.274 e. The molecule has 0 aliphatic carbocycles. The van der Waals surface area contributed by atoms with Crippen LogP contribution in [-0.4, -0.2) is 6.10 Å². The van der Waals surface area contributed by atoms with Gasteiger partial charge in [0, 0.05) is 6.20 Å². The molecule has 0 aromatic carbocycles. The van der Waals surface area contributed by atoms with Gasteiger partial charge in [0.1, 0.15) is 0 Å². The monoisotopic (exact) mass is 141 g/mol. The molecule has 2 nitrogen and oxygen atoms in total. The van der Waals surface area contributed by atoms with E-state index in [0.29, 0.717) is 0 Å². The van der Waals surface area contributed by atoms with Crippen molar-refractivity contribution in [1.82, 2.24) is 5.48 Å². The first-order valence-corrected chi connectivity index (χ1v) is 3.44. The topological polar surface area (TPSA) is 21.3 Å². The Morgan fingerprint density at radius 2 is 2.40 bits per heavy atom. The van der Waals surface area contributed by atoms with Crippen LogP contribution in [0.1, 0.15) is 20.3 Å². The van der Waals surface area contributed by atoms with Crippen LogP contribution in [0.15, 0.2) is 24.9 Å². The summed E-state index contributed by atoms with van der Waals surface area (Å²) < 4.78 is 0. The molecule has 0 bridgehead atoms. The zero-order valence-corrected chi connectivity index (χ0v) is 6.63. The highest BCUT2D eigenvalue weighted by molar-refractivity contribution is 4.72. The second-order valence-electron chi connectivity index (χ2n) is 2.07. The molecule has 0 aliphatic rings. The van der Waals surface area contributed by atoms with Crippen molar-refractivity contribution in [1.29, 1.82) is 0 Å². The van der Waals surface area contributed by atoms with Crippen LogP contribution in [0.4, 0.5) is 0 Å². The fraction of sp³-hybridized carbons (Fsp3) is 0.500. The molecule has 0 saturated carbocycles. The molecule has 1 unspecified atom stereocenters. The summed E-state index contributed by atoms with van der Waals surface area (Å²) in [4.78, 5) is 5.11. The van der Waals surface area contributed by atoms with Crippen molar-refractivity contribution in [3.8, 4) is 0 Å². The highest BCUT2D eigenvalue weighted by atomic mass is 16.7. The summed E-state index contributed by atoms with van der Waals surface area (Å²) in [6.45, 7) is 7.51.